The molecule has 2 heterocycles. The molecule has 0 atom stereocenters. The van der Waals surface area contributed by atoms with Gasteiger partial charge in [-0.25, -0.2) is 4.98 Å². The largest absolute Gasteiger partial charge is 0.351 e. The van der Waals surface area contributed by atoms with E-state index in [2.05, 4.69) is 31.4 Å². The molecule has 0 aliphatic rings. The van der Waals surface area contributed by atoms with Crippen molar-refractivity contribution < 1.29 is 9.32 Å². The fourth-order valence-electron chi connectivity index (χ4n) is 1.60. The molecule has 0 bridgehead atoms. The number of fused-ring (bicyclic) bond motifs is 1. The lowest BCUT2D eigenvalue weighted by Gasteiger charge is -1.95. The number of halogens is 1. The molecular formula is C12H8BrN3O2S. The average molecular weight is 338 g/mol. The van der Waals surface area contributed by atoms with Crippen LogP contribution in [0, 0.1) is 6.92 Å². The van der Waals surface area contributed by atoms with E-state index in [1.165, 1.54) is 11.3 Å². The lowest BCUT2D eigenvalue weighted by atomic mass is 10.3. The SMILES string of the molecule is Cc1cc(C(=O)Nc2nc3c(Br)cccc3s2)on1. The Labute approximate surface area is 120 Å². The number of nitrogens with one attached hydrogen (secondary N) is 1. The predicted molar refractivity (Wildman–Crippen MR) is 76.5 cm³/mol. The van der Waals surface area contributed by atoms with Crippen LogP contribution in [0.4, 0.5) is 5.13 Å². The van der Waals surface area contributed by atoms with Gasteiger partial charge in [0.1, 0.15) is 0 Å². The number of hydrogen-bond acceptors (Lipinski definition) is 5. The fraction of sp³-hybridized carbons (Fsp3) is 0.0833. The second kappa shape index (κ2) is 4.75. The molecule has 96 valence electrons. The molecule has 2 aromatic heterocycles. The minimum Gasteiger partial charge on any atom is -0.351 e. The van der Waals surface area contributed by atoms with E-state index in [4.69, 9.17) is 4.52 Å². The second-order valence-corrected chi connectivity index (χ2v) is 5.78. The molecule has 1 N–H and O–H groups in total. The van der Waals surface area contributed by atoms with Gasteiger partial charge in [0.25, 0.3) is 5.91 Å². The van der Waals surface area contributed by atoms with Gasteiger partial charge in [0.15, 0.2) is 5.13 Å². The van der Waals surface area contributed by atoms with Crippen molar-refractivity contribution in [2.75, 3.05) is 5.32 Å². The van der Waals surface area contributed by atoms with Crippen LogP contribution in [0.15, 0.2) is 33.3 Å². The van der Waals surface area contributed by atoms with Crippen molar-refractivity contribution in [3.8, 4) is 0 Å². The highest BCUT2D eigenvalue weighted by Gasteiger charge is 2.14. The van der Waals surface area contributed by atoms with E-state index in [9.17, 15) is 4.79 Å². The van der Waals surface area contributed by atoms with Gasteiger partial charge in [-0.1, -0.05) is 22.6 Å². The molecule has 0 aliphatic carbocycles. The fourth-order valence-corrected chi connectivity index (χ4v) is 3.07. The molecule has 0 spiro atoms. The van der Waals surface area contributed by atoms with Crippen molar-refractivity contribution in [3.05, 3.63) is 40.2 Å². The molecule has 1 aromatic carbocycles. The quantitative estimate of drug-likeness (QED) is 0.775. The van der Waals surface area contributed by atoms with Crippen LogP contribution in [-0.2, 0) is 0 Å². The maximum absolute atomic E-state index is 11.9. The van der Waals surface area contributed by atoms with Gasteiger partial charge < -0.3 is 4.52 Å². The van der Waals surface area contributed by atoms with Crippen LogP contribution >= 0.6 is 27.3 Å². The van der Waals surface area contributed by atoms with Crippen molar-refractivity contribution in [1.29, 1.82) is 0 Å². The molecule has 0 radical (unpaired) electrons. The van der Waals surface area contributed by atoms with Crippen LogP contribution in [0.3, 0.4) is 0 Å². The first kappa shape index (κ1) is 12.3. The Bertz CT molecular complexity index is 765. The van der Waals surface area contributed by atoms with Crippen molar-refractivity contribution in [2.24, 2.45) is 0 Å². The zero-order chi connectivity index (χ0) is 13.4. The van der Waals surface area contributed by atoms with Gasteiger partial charge in [-0.05, 0) is 35.0 Å². The van der Waals surface area contributed by atoms with Crippen LogP contribution in [0.25, 0.3) is 10.2 Å². The number of para-hydroxylation sites is 1. The summed E-state index contributed by atoms with van der Waals surface area (Å²) in [6.45, 7) is 1.76. The van der Waals surface area contributed by atoms with Crippen molar-refractivity contribution in [1.82, 2.24) is 10.1 Å². The Morgan fingerprint density at radius 1 is 1.47 bits per heavy atom. The van der Waals surface area contributed by atoms with Crippen LogP contribution in [0.2, 0.25) is 0 Å². The predicted octanol–water partition coefficient (Wildman–Crippen LogP) is 3.61. The molecule has 0 saturated heterocycles. The maximum Gasteiger partial charge on any atom is 0.296 e. The zero-order valence-electron chi connectivity index (χ0n) is 9.81. The van der Waals surface area contributed by atoms with Crippen LogP contribution < -0.4 is 5.32 Å². The van der Waals surface area contributed by atoms with E-state index in [0.717, 1.165) is 14.7 Å². The minimum atomic E-state index is -0.351. The number of anilines is 1. The number of amides is 1. The molecule has 1 amide bonds. The number of rotatable bonds is 2. The van der Waals surface area contributed by atoms with Crippen molar-refractivity contribution in [2.45, 2.75) is 6.92 Å². The number of carbonyl (C=O) groups excluding carboxylic acids is 1. The molecule has 3 aromatic rings. The van der Waals surface area contributed by atoms with Crippen molar-refractivity contribution in [3.63, 3.8) is 0 Å². The number of hydrogen-bond donors (Lipinski definition) is 1. The standard InChI is InChI=1S/C12H8BrN3O2S/c1-6-5-8(18-16-6)11(17)15-12-14-10-7(13)3-2-4-9(10)19-12/h2-5H,1H3,(H,14,15,17). The topological polar surface area (TPSA) is 68.0 Å². The number of benzene rings is 1. The summed E-state index contributed by atoms with van der Waals surface area (Å²) in [4.78, 5) is 16.3. The van der Waals surface area contributed by atoms with Gasteiger partial charge in [0, 0.05) is 10.5 Å². The van der Waals surface area contributed by atoms with E-state index in [-0.39, 0.29) is 11.7 Å². The summed E-state index contributed by atoms with van der Waals surface area (Å²) in [5, 5.41) is 6.91. The highest BCUT2D eigenvalue weighted by Crippen LogP contribution is 2.31. The number of aromatic nitrogens is 2. The monoisotopic (exact) mass is 337 g/mol. The van der Waals surface area contributed by atoms with E-state index in [0.29, 0.717) is 10.8 Å². The third-order valence-corrected chi connectivity index (χ3v) is 4.02. The van der Waals surface area contributed by atoms with Gasteiger partial charge in [0.05, 0.1) is 15.9 Å². The van der Waals surface area contributed by atoms with Crippen LogP contribution in [-0.4, -0.2) is 16.0 Å². The Morgan fingerprint density at radius 2 is 2.32 bits per heavy atom. The third kappa shape index (κ3) is 2.39. The number of carbonyl (C=O) groups is 1. The number of nitrogens with zero attached hydrogens (tertiary/aromatic N) is 2. The molecule has 0 aliphatic heterocycles. The van der Waals surface area contributed by atoms with Gasteiger partial charge in [-0.3, -0.25) is 10.1 Å². The summed E-state index contributed by atoms with van der Waals surface area (Å²) in [5.74, 6) is -0.174. The lowest BCUT2D eigenvalue weighted by Crippen LogP contribution is -2.10. The highest BCUT2D eigenvalue weighted by atomic mass is 79.9. The smallest absolute Gasteiger partial charge is 0.296 e. The molecule has 5 nitrogen and oxygen atoms in total. The van der Waals surface area contributed by atoms with Gasteiger partial charge in [0.2, 0.25) is 5.76 Å². The average Bonchev–Trinajstić information content (AvgIpc) is 2.96. The first-order valence-corrected chi connectivity index (χ1v) is 7.04. The van der Waals surface area contributed by atoms with E-state index < -0.39 is 0 Å². The molecule has 19 heavy (non-hydrogen) atoms. The third-order valence-electron chi connectivity index (χ3n) is 2.44. The van der Waals surface area contributed by atoms with E-state index >= 15 is 0 Å². The van der Waals surface area contributed by atoms with Crippen LogP contribution in [0.1, 0.15) is 16.2 Å². The summed E-state index contributed by atoms with van der Waals surface area (Å²) in [6, 6.07) is 7.37. The van der Waals surface area contributed by atoms with Gasteiger partial charge in [-0.2, -0.15) is 0 Å². The normalized spacial score (nSPS) is 10.8. The Balaban J connectivity index is 1.89. The Morgan fingerprint density at radius 3 is 3.00 bits per heavy atom. The summed E-state index contributed by atoms with van der Waals surface area (Å²) in [7, 11) is 0. The van der Waals surface area contributed by atoms with E-state index in [1.807, 2.05) is 18.2 Å². The van der Waals surface area contributed by atoms with Gasteiger partial charge in [-0.15, -0.1) is 0 Å². The highest BCUT2D eigenvalue weighted by molar-refractivity contribution is 9.10. The molecular weight excluding hydrogens is 330 g/mol. The van der Waals surface area contributed by atoms with Crippen LogP contribution in [0.5, 0.6) is 0 Å². The first-order chi connectivity index (χ1) is 9.13. The molecule has 0 saturated carbocycles. The molecule has 7 heteroatoms. The Hall–Kier alpha value is -1.73. The molecule has 0 unspecified atom stereocenters. The van der Waals surface area contributed by atoms with E-state index in [1.54, 1.807) is 13.0 Å². The summed E-state index contributed by atoms with van der Waals surface area (Å²) >= 11 is 4.83. The second-order valence-electron chi connectivity index (χ2n) is 3.89. The lowest BCUT2D eigenvalue weighted by molar-refractivity contribution is 0.0988. The number of thiazole rings is 1. The molecule has 3 rings (SSSR count). The van der Waals surface area contributed by atoms with Crippen molar-refractivity contribution >= 4 is 48.5 Å². The first-order valence-electron chi connectivity index (χ1n) is 5.43. The molecule has 0 fully saturated rings. The summed E-state index contributed by atoms with van der Waals surface area (Å²) < 4.78 is 6.80. The summed E-state index contributed by atoms with van der Waals surface area (Å²) in [6.07, 6.45) is 0. The summed E-state index contributed by atoms with van der Waals surface area (Å²) in [5.41, 5.74) is 1.49. The van der Waals surface area contributed by atoms with Gasteiger partial charge >= 0.3 is 0 Å². The minimum absolute atomic E-state index is 0.177. The Kier molecular flexibility index (Phi) is 3.08. The zero-order valence-corrected chi connectivity index (χ0v) is 12.2. The maximum atomic E-state index is 11.9. The number of aryl methyl sites for hydroxylation is 1.